The van der Waals surface area contributed by atoms with Crippen LogP contribution in [0.15, 0.2) is 34.1 Å². The topological polar surface area (TPSA) is 146 Å². The van der Waals surface area contributed by atoms with Crippen LogP contribution in [0.3, 0.4) is 0 Å². The Morgan fingerprint density at radius 3 is 1.58 bits per heavy atom. The molecule has 3 N–H and O–H groups in total. The van der Waals surface area contributed by atoms with Crippen LogP contribution >= 0.6 is 10.7 Å². The third kappa shape index (κ3) is 15.4. The van der Waals surface area contributed by atoms with Gasteiger partial charge in [-0.25, -0.2) is 16.8 Å². The third-order valence-corrected chi connectivity index (χ3v) is 13.3. The molecule has 0 aliphatic carbocycles. The van der Waals surface area contributed by atoms with Crippen molar-refractivity contribution in [1.82, 2.24) is 14.5 Å². The molecule has 2 unspecified atom stereocenters. The molecule has 2 aliphatic heterocycles. The number of nitrogens with one attached hydrogen (secondary N) is 1. The van der Waals surface area contributed by atoms with Gasteiger partial charge < -0.3 is 29.9 Å². The van der Waals surface area contributed by atoms with E-state index in [1.165, 1.54) is 46.0 Å². The first-order valence-electron chi connectivity index (χ1n) is 18.5. The second-order valence-electron chi connectivity index (χ2n) is 13.2. The van der Waals surface area contributed by atoms with Gasteiger partial charge in [0.25, 0.3) is 9.05 Å². The summed E-state index contributed by atoms with van der Waals surface area (Å²) in [5.74, 6) is 1.29. The van der Waals surface area contributed by atoms with Crippen molar-refractivity contribution in [3.05, 3.63) is 46.5 Å². The summed E-state index contributed by atoms with van der Waals surface area (Å²) < 4.78 is 60.4. The largest absolute Gasteiger partial charge is 0.497 e. The molecule has 14 heteroatoms. The average molecular weight is 793 g/mol. The minimum absolute atomic E-state index is 0.0112. The summed E-state index contributed by atoms with van der Waals surface area (Å²) in [6, 6.07) is 7.29. The smallest absolute Gasteiger partial charge is 0.261 e. The molecule has 0 spiro atoms. The fourth-order valence-corrected chi connectivity index (χ4v) is 10.4. The van der Waals surface area contributed by atoms with Crippen LogP contribution in [0.1, 0.15) is 94.4 Å². The van der Waals surface area contributed by atoms with Crippen molar-refractivity contribution in [2.45, 2.75) is 122 Å². The fourth-order valence-electron chi connectivity index (χ4n) is 6.69. The van der Waals surface area contributed by atoms with Gasteiger partial charge in [-0.15, -0.1) is 0 Å². The monoisotopic (exact) mass is 791 g/mol. The summed E-state index contributed by atoms with van der Waals surface area (Å²) in [6.45, 7) is 19.1. The first-order valence-corrected chi connectivity index (χ1v) is 22.2. The van der Waals surface area contributed by atoms with Crippen molar-refractivity contribution in [3.8, 4) is 11.5 Å². The third-order valence-electron chi connectivity index (χ3n) is 9.42. The maximum absolute atomic E-state index is 13.1. The number of aryl methyl sites for hydroxylation is 4. The van der Waals surface area contributed by atoms with Crippen LogP contribution < -0.4 is 14.8 Å². The first-order chi connectivity index (χ1) is 24.5. The van der Waals surface area contributed by atoms with E-state index in [0.29, 0.717) is 64.3 Å². The van der Waals surface area contributed by atoms with E-state index in [1.54, 1.807) is 63.4 Å². The van der Waals surface area contributed by atoms with Gasteiger partial charge in [-0.3, -0.25) is 0 Å². The summed E-state index contributed by atoms with van der Waals surface area (Å²) in [5.41, 5.74) is 2.59. The van der Waals surface area contributed by atoms with Crippen LogP contribution in [0.2, 0.25) is 0 Å². The summed E-state index contributed by atoms with van der Waals surface area (Å²) in [4.78, 5) is 2.91. The first kappa shape index (κ1) is 48.0. The van der Waals surface area contributed by atoms with Crippen LogP contribution in [-0.4, -0.2) is 108 Å². The molecule has 0 radical (unpaired) electrons. The molecule has 2 aromatic carbocycles. The van der Waals surface area contributed by atoms with Crippen molar-refractivity contribution in [3.63, 3.8) is 0 Å². The molecule has 0 amide bonds. The Labute approximate surface area is 319 Å². The van der Waals surface area contributed by atoms with Crippen molar-refractivity contribution >= 4 is 29.8 Å². The predicted molar refractivity (Wildman–Crippen MR) is 212 cm³/mol. The molecule has 2 aliphatic rings. The van der Waals surface area contributed by atoms with E-state index < -0.39 is 19.1 Å². The van der Waals surface area contributed by atoms with E-state index in [-0.39, 0.29) is 17.5 Å². The van der Waals surface area contributed by atoms with Gasteiger partial charge in [0.1, 0.15) is 11.5 Å². The number of piperidine rings is 2. The number of ether oxygens (including phenoxy) is 2. The molecule has 4 rings (SSSR count). The number of hydrogen-bond donors (Lipinski definition) is 3. The van der Waals surface area contributed by atoms with E-state index in [2.05, 4.69) is 31.0 Å². The van der Waals surface area contributed by atoms with Gasteiger partial charge in [-0.05, 0) is 139 Å². The Hall–Kier alpha value is -1.97. The molecule has 0 aromatic heterocycles. The fraction of sp³-hybridized carbons (Fsp3) is 0.684. The number of nitrogens with zero attached hydrogens (tertiary/aromatic N) is 2. The van der Waals surface area contributed by atoms with Gasteiger partial charge in [0, 0.05) is 42.5 Å². The van der Waals surface area contributed by atoms with Gasteiger partial charge in [0.15, 0.2) is 0 Å². The Balaban J connectivity index is 0.000000384. The van der Waals surface area contributed by atoms with E-state index in [1.807, 2.05) is 0 Å². The molecular formula is C38H66ClN3O8S2. The van der Waals surface area contributed by atoms with Crippen molar-refractivity contribution in [1.29, 1.82) is 0 Å². The second kappa shape index (κ2) is 24.4. The van der Waals surface area contributed by atoms with Crippen molar-refractivity contribution in [2.24, 2.45) is 0 Å². The Morgan fingerprint density at radius 1 is 0.750 bits per heavy atom. The molecule has 2 fully saturated rings. The number of sulfonamides is 1. The number of hydrogen-bond acceptors (Lipinski definition) is 10. The molecular weight excluding hydrogens is 726 g/mol. The molecule has 0 saturated carbocycles. The normalized spacial score (nSPS) is 17.9. The van der Waals surface area contributed by atoms with Gasteiger partial charge in [0.2, 0.25) is 10.0 Å². The molecule has 11 nitrogen and oxygen atoms in total. The lowest BCUT2D eigenvalue weighted by molar-refractivity contribution is 0.192. The lowest BCUT2D eigenvalue weighted by Crippen LogP contribution is -2.44. The zero-order valence-corrected chi connectivity index (χ0v) is 35.4. The highest BCUT2D eigenvalue weighted by Crippen LogP contribution is 2.32. The van der Waals surface area contributed by atoms with Gasteiger partial charge in [-0.2, -0.15) is 4.31 Å². The summed E-state index contributed by atoms with van der Waals surface area (Å²) in [5, 5.41) is 21.2. The van der Waals surface area contributed by atoms with E-state index >= 15 is 0 Å². The molecule has 2 aromatic rings. The molecule has 2 atom stereocenters. The summed E-state index contributed by atoms with van der Waals surface area (Å²) in [6.07, 6.45) is 8.01. The van der Waals surface area contributed by atoms with Crippen LogP contribution in [0.4, 0.5) is 0 Å². The number of rotatable bonds is 12. The zero-order chi connectivity index (χ0) is 39.5. The van der Waals surface area contributed by atoms with Gasteiger partial charge in [-0.1, -0.05) is 33.6 Å². The standard InChI is InChI=1S/C16H25NO4S.C9H11ClO3S.C7H15NO.C6H15N/c1-12-10-15(21-3)11-13(2)16(12)22(19,20)17-8-5-4-6-14(17)7-9-18;1-6-4-8(13-3)5-7(2)9(6)14(10,11)12;9-6-4-7-3-1-2-5-8-7;1-4-7(5-2)6-3/h10-11,14,18H,4-9H2,1-3H3;4-5H,1-3H3;7-9H,1-6H2;4-6H2,1-3H3. The lowest BCUT2D eigenvalue weighted by Gasteiger charge is -2.35. The molecule has 300 valence electrons. The summed E-state index contributed by atoms with van der Waals surface area (Å²) in [7, 11) is 1.18. The summed E-state index contributed by atoms with van der Waals surface area (Å²) >= 11 is 0. The maximum atomic E-state index is 13.1. The van der Waals surface area contributed by atoms with Crippen molar-refractivity contribution < 1.29 is 36.5 Å². The zero-order valence-electron chi connectivity index (χ0n) is 33.0. The highest BCUT2D eigenvalue weighted by atomic mass is 35.7. The molecule has 2 saturated heterocycles. The number of aliphatic hydroxyl groups excluding tert-OH is 2. The average Bonchev–Trinajstić information content (AvgIpc) is 3.09. The van der Waals surface area contributed by atoms with Crippen LogP contribution in [0.25, 0.3) is 0 Å². The number of benzene rings is 2. The highest BCUT2D eigenvalue weighted by Gasteiger charge is 2.35. The van der Waals surface area contributed by atoms with Gasteiger partial charge in [0.05, 0.1) is 24.0 Å². The van der Waals surface area contributed by atoms with E-state index in [4.69, 9.17) is 25.3 Å². The second-order valence-corrected chi connectivity index (χ2v) is 17.5. The Kier molecular flexibility index (Phi) is 22.6. The van der Waals surface area contributed by atoms with Crippen LogP contribution in [-0.2, 0) is 19.1 Å². The Morgan fingerprint density at radius 2 is 1.21 bits per heavy atom. The van der Waals surface area contributed by atoms with E-state index in [0.717, 1.165) is 32.2 Å². The Bertz CT molecular complexity index is 1490. The lowest BCUT2D eigenvalue weighted by atomic mass is 10.0. The van der Waals surface area contributed by atoms with Gasteiger partial charge >= 0.3 is 0 Å². The SMILES string of the molecule is CCN(CC)CC.COc1cc(C)c(S(=O)(=O)Cl)c(C)c1.COc1cc(C)c(S(=O)(=O)N2CCCCC2CCO)c(C)c1.OCCC1CCCCN1. The minimum Gasteiger partial charge on any atom is -0.497 e. The molecule has 0 bridgehead atoms. The van der Waals surface area contributed by atoms with Crippen LogP contribution in [0, 0.1) is 27.7 Å². The number of methoxy groups -OCH3 is 2. The number of aliphatic hydroxyl groups is 2. The maximum Gasteiger partial charge on any atom is 0.261 e. The molecule has 52 heavy (non-hydrogen) atoms. The van der Waals surface area contributed by atoms with Crippen LogP contribution in [0.5, 0.6) is 11.5 Å². The van der Waals surface area contributed by atoms with E-state index in [9.17, 15) is 21.9 Å². The predicted octanol–water partition coefficient (Wildman–Crippen LogP) is 6.34. The van der Waals surface area contributed by atoms with Crippen molar-refractivity contribution in [2.75, 3.05) is 60.2 Å². The quantitative estimate of drug-likeness (QED) is 0.209. The minimum atomic E-state index is -3.67. The molecule has 2 heterocycles. The highest BCUT2D eigenvalue weighted by molar-refractivity contribution is 8.13. The number of halogens is 1.